The largest absolute Gasteiger partial charge is 0.489 e. The van der Waals surface area contributed by atoms with E-state index in [9.17, 15) is 4.79 Å². The number of allylic oxidation sites excluding steroid dienone is 2. The zero-order valence-corrected chi connectivity index (χ0v) is 20.1. The number of carbonyl (C=O) groups excluding carboxylic acids is 1. The number of piperidine rings is 1. The number of hydrogen-bond donors (Lipinski definition) is 1. The first-order valence-corrected chi connectivity index (χ1v) is 12.0. The predicted octanol–water partition coefficient (Wildman–Crippen LogP) is 3.15. The number of aromatic nitrogens is 3. The topological polar surface area (TPSA) is 116 Å². The second-order valence-corrected chi connectivity index (χ2v) is 9.11. The van der Waals surface area contributed by atoms with Crippen molar-refractivity contribution in [2.75, 3.05) is 25.1 Å². The molecule has 1 saturated heterocycles. The number of rotatable bonds is 6. The number of carbonyl (C=O) groups is 1. The van der Waals surface area contributed by atoms with Gasteiger partial charge in [-0.1, -0.05) is 12.2 Å². The maximum absolute atomic E-state index is 12.3. The second kappa shape index (κ2) is 9.85. The predicted molar refractivity (Wildman–Crippen MR) is 133 cm³/mol. The number of methoxy groups -OCH3 is 1. The van der Waals surface area contributed by atoms with Crippen LogP contribution in [0.4, 0.5) is 5.82 Å². The maximum Gasteiger partial charge on any atom is 0.269 e. The molecule has 2 aromatic rings. The fraction of sp³-hybridized carbons (Fsp3) is 0.423. The van der Waals surface area contributed by atoms with Gasteiger partial charge in [-0.15, -0.1) is 10.2 Å². The number of anilines is 1. The van der Waals surface area contributed by atoms with Gasteiger partial charge < -0.3 is 20.1 Å². The van der Waals surface area contributed by atoms with Crippen molar-refractivity contribution in [2.45, 2.75) is 50.7 Å². The van der Waals surface area contributed by atoms with Crippen LogP contribution in [0.1, 0.15) is 53.2 Å². The summed E-state index contributed by atoms with van der Waals surface area (Å²) in [6.07, 6.45) is 13.4. The van der Waals surface area contributed by atoms with Crippen molar-refractivity contribution in [1.82, 2.24) is 15.2 Å². The van der Waals surface area contributed by atoms with Crippen molar-refractivity contribution in [3.63, 3.8) is 0 Å². The number of pyridine rings is 1. The van der Waals surface area contributed by atoms with Gasteiger partial charge in [-0.25, -0.2) is 4.98 Å². The number of amides is 1. The highest BCUT2D eigenvalue weighted by Crippen LogP contribution is 2.41. The van der Waals surface area contributed by atoms with Gasteiger partial charge in [0.05, 0.1) is 19.3 Å². The molecule has 1 amide bonds. The van der Waals surface area contributed by atoms with E-state index in [1.54, 1.807) is 19.4 Å². The van der Waals surface area contributed by atoms with Gasteiger partial charge in [0, 0.05) is 44.1 Å². The number of dihydropyridines is 1. The third kappa shape index (κ3) is 4.62. The number of fused-ring (bicyclic) bond motifs is 1. The van der Waals surface area contributed by atoms with Crippen LogP contribution < -0.4 is 20.1 Å². The fourth-order valence-corrected chi connectivity index (χ4v) is 5.29. The average molecular weight is 475 g/mol. The summed E-state index contributed by atoms with van der Waals surface area (Å²) in [4.78, 5) is 23.5. The first-order valence-electron chi connectivity index (χ1n) is 12.0. The molecule has 3 aliphatic rings. The Morgan fingerprint density at radius 3 is 2.71 bits per heavy atom. The third-order valence-electron chi connectivity index (χ3n) is 7.01. The van der Waals surface area contributed by atoms with Crippen LogP contribution >= 0.6 is 0 Å². The van der Waals surface area contributed by atoms with E-state index in [1.165, 1.54) is 5.57 Å². The van der Waals surface area contributed by atoms with E-state index in [0.29, 0.717) is 5.88 Å². The Kier molecular flexibility index (Phi) is 6.48. The van der Waals surface area contributed by atoms with Crippen LogP contribution in [0.2, 0.25) is 0 Å². The van der Waals surface area contributed by atoms with Crippen molar-refractivity contribution in [3.05, 3.63) is 59.0 Å². The molecule has 9 heteroatoms. The Balaban J connectivity index is 1.35. The van der Waals surface area contributed by atoms with Gasteiger partial charge in [0.25, 0.3) is 5.91 Å². The zero-order valence-electron chi connectivity index (χ0n) is 20.1. The van der Waals surface area contributed by atoms with E-state index in [-0.39, 0.29) is 23.8 Å². The standard InChI is InChI=1S/C26H30N6O3/c1-16-22(20-7-3-5-17-6-4-12-28-23(17)20)24(25(27)33)30-31-26(16)32-13-10-18(11-14-32)35-19-8-9-21(34-2)29-15-19/h4-6,8-9,12,15,18,20,23H,3,7,10-11,13-14H2,1-2H3,(H2,27,33)/t20-,23+/m0/s1. The minimum absolute atomic E-state index is 0.0279. The third-order valence-corrected chi connectivity index (χ3v) is 7.01. The van der Waals surface area contributed by atoms with E-state index in [1.807, 2.05) is 25.3 Å². The molecule has 0 radical (unpaired) electrons. The van der Waals surface area contributed by atoms with Gasteiger partial charge in [0.1, 0.15) is 11.9 Å². The number of nitrogens with zero attached hydrogens (tertiary/aromatic N) is 5. The lowest BCUT2D eigenvalue weighted by Crippen LogP contribution is -2.40. The minimum Gasteiger partial charge on any atom is -0.489 e. The van der Waals surface area contributed by atoms with Crippen LogP contribution in [0.5, 0.6) is 11.6 Å². The van der Waals surface area contributed by atoms with E-state index < -0.39 is 5.91 Å². The van der Waals surface area contributed by atoms with Gasteiger partial charge in [0.15, 0.2) is 11.5 Å². The smallest absolute Gasteiger partial charge is 0.269 e. The number of primary amides is 1. The van der Waals surface area contributed by atoms with Crippen LogP contribution in [0.15, 0.2) is 47.1 Å². The van der Waals surface area contributed by atoms with E-state index in [4.69, 9.17) is 20.2 Å². The van der Waals surface area contributed by atoms with E-state index in [2.05, 4.69) is 32.2 Å². The number of nitrogens with two attached hydrogens (primary N) is 1. The van der Waals surface area contributed by atoms with Gasteiger partial charge in [-0.05, 0) is 48.6 Å². The van der Waals surface area contributed by atoms with E-state index >= 15 is 0 Å². The van der Waals surface area contributed by atoms with Crippen molar-refractivity contribution >= 4 is 17.9 Å². The second-order valence-electron chi connectivity index (χ2n) is 9.11. The summed E-state index contributed by atoms with van der Waals surface area (Å²) in [6.45, 7) is 3.58. The average Bonchev–Trinajstić information content (AvgIpc) is 2.89. The number of hydrogen-bond acceptors (Lipinski definition) is 8. The molecule has 0 aromatic carbocycles. The first kappa shape index (κ1) is 23.0. The molecule has 0 saturated carbocycles. The van der Waals surface area contributed by atoms with Crippen LogP contribution in [0, 0.1) is 6.92 Å². The fourth-order valence-electron chi connectivity index (χ4n) is 5.29. The van der Waals surface area contributed by atoms with Crippen LogP contribution in [0.3, 0.4) is 0 Å². The lowest BCUT2D eigenvalue weighted by atomic mass is 9.77. The summed E-state index contributed by atoms with van der Waals surface area (Å²) in [5.74, 6) is 1.59. The molecule has 35 heavy (non-hydrogen) atoms. The van der Waals surface area contributed by atoms with Gasteiger partial charge in [-0.3, -0.25) is 9.79 Å². The van der Waals surface area contributed by atoms with E-state index in [0.717, 1.165) is 61.5 Å². The van der Waals surface area contributed by atoms with Gasteiger partial charge in [0.2, 0.25) is 5.88 Å². The zero-order chi connectivity index (χ0) is 24.4. The molecule has 2 aromatic heterocycles. The normalized spacial score (nSPS) is 21.9. The highest BCUT2D eigenvalue weighted by molar-refractivity contribution is 5.93. The summed E-state index contributed by atoms with van der Waals surface area (Å²) in [5, 5.41) is 8.78. The van der Waals surface area contributed by atoms with Crippen molar-refractivity contribution in [3.8, 4) is 11.6 Å². The molecule has 9 nitrogen and oxygen atoms in total. The molecule has 0 unspecified atom stereocenters. The van der Waals surface area contributed by atoms with Crippen LogP contribution in [-0.4, -0.2) is 59.6 Å². The SMILES string of the molecule is COc1ccc(OC2CCN(c3nnc(C(N)=O)c([C@@H]4CCC=C5C=CC=N[C@H]54)c3C)CC2)cn1. The Hall–Kier alpha value is -3.75. The Morgan fingerprint density at radius 2 is 2.00 bits per heavy atom. The van der Waals surface area contributed by atoms with Crippen LogP contribution in [0.25, 0.3) is 0 Å². The van der Waals surface area contributed by atoms with Gasteiger partial charge in [-0.2, -0.15) is 0 Å². The molecule has 2 atom stereocenters. The molecular weight excluding hydrogens is 444 g/mol. The summed E-state index contributed by atoms with van der Waals surface area (Å²) in [6, 6.07) is 3.64. The highest BCUT2D eigenvalue weighted by atomic mass is 16.5. The molecule has 0 spiro atoms. The number of ether oxygens (including phenoxy) is 2. The summed E-state index contributed by atoms with van der Waals surface area (Å²) >= 11 is 0. The summed E-state index contributed by atoms with van der Waals surface area (Å²) < 4.78 is 11.2. The molecule has 2 N–H and O–H groups in total. The summed E-state index contributed by atoms with van der Waals surface area (Å²) in [7, 11) is 1.59. The molecular formula is C26H30N6O3. The number of aliphatic imine (C=N–C) groups is 1. The summed E-state index contributed by atoms with van der Waals surface area (Å²) in [5.41, 5.74) is 9.03. The molecule has 2 aliphatic heterocycles. The first-order chi connectivity index (χ1) is 17.0. The minimum atomic E-state index is -0.547. The molecule has 182 valence electrons. The van der Waals surface area contributed by atoms with Crippen molar-refractivity contribution in [1.29, 1.82) is 0 Å². The maximum atomic E-state index is 12.3. The quantitative estimate of drug-likeness (QED) is 0.684. The lowest BCUT2D eigenvalue weighted by molar-refractivity contribution is 0.0992. The van der Waals surface area contributed by atoms with Crippen molar-refractivity contribution < 1.29 is 14.3 Å². The lowest BCUT2D eigenvalue weighted by Gasteiger charge is -2.36. The van der Waals surface area contributed by atoms with Crippen LogP contribution in [-0.2, 0) is 0 Å². The molecule has 4 heterocycles. The highest BCUT2D eigenvalue weighted by Gasteiger charge is 2.35. The molecule has 1 aliphatic carbocycles. The van der Waals surface area contributed by atoms with Crippen molar-refractivity contribution in [2.24, 2.45) is 10.7 Å². The molecule has 5 rings (SSSR count). The Bertz CT molecular complexity index is 1180. The Morgan fingerprint density at radius 1 is 1.17 bits per heavy atom. The Labute approximate surface area is 204 Å². The monoisotopic (exact) mass is 474 g/mol. The molecule has 1 fully saturated rings. The molecule has 0 bridgehead atoms. The van der Waals surface area contributed by atoms with Gasteiger partial charge >= 0.3 is 0 Å².